The third-order valence-electron chi connectivity index (χ3n) is 5.84. The molecule has 0 amide bonds. The lowest BCUT2D eigenvalue weighted by Gasteiger charge is -2.30. The number of nitrogens with zero attached hydrogens (tertiary/aromatic N) is 4. The van der Waals surface area contributed by atoms with Gasteiger partial charge in [0.2, 0.25) is 0 Å². The van der Waals surface area contributed by atoms with Crippen LogP contribution in [0.25, 0.3) is 11.3 Å². The Balaban J connectivity index is 1.51. The Bertz CT molecular complexity index is 1270. The summed E-state index contributed by atoms with van der Waals surface area (Å²) in [4.78, 5) is 11.7. The van der Waals surface area contributed by atoms with Crippen molar-refractivity contribution in [2.75, 3.05) is 11.4 Å². The minimum Gasteiger partial charge on any atom is -0.356 e. The fourth-order valence-electron chi connectivity index (χ4n) is 4.21. The normalized spacial score (nSPS) is 13.3. The Morgan fingerprint density at radius 3 is 2.53 bits per heavy atom. The average Bonchev–Trinajstić information content (AvgIpc) is 3.20. The number of hydrogen-bond donors (Lipinski definition) is 0. The summed E-state index contributed by atoms with van der Waals surface area (Å²) in [6.07, 6.45) is 1.47. The highest BCUT2D eigenvalue weighted by Crippen LogP contribution is 2.34. The zero-order chi connectivity index (χ0) is 22.2. The quantitative estimate of drug-likeness (QED) is 0.401. The van der Waals surface area contributed by atoms with E-state index in [1.54, 1.807) is 12.1 Å². The monoisotopic (exact) mass is 448 g/mol. The number of fused-ring (bicyclic) bond motifs is 1. The molecule has 0 spiro atoms. The predicted octanol–water partition coefficient (Wildman–Crippen LogP) is 5.69. The largest absolute Gasteiger partial charge is 0.356 e. The first-order valence-corrected chi connectivity index (χ1v) is 10.9. The minimum absolute atomic E-state index is 0.275. The van der Waals surface area contributed by atoms with E-state index in [4.69, 9.17) is 21.1 Å². The van der Waals surface area contributed by atoms with Crippen molar-refractivity contribution in [3.8, 4) is 11.3 Å². The second kappa shape index (κ2) is 8.36. The molecule has 5 nitrogen and oxygen atoms in total. The molecule has 1 aliphatic heterocycles. The van der Waals surface area contributed by atoms with E-state index >= 15 is 0 Å². The Kier molecular flexibility index (Phi) is 5.39. The molecule has 0 aliphatic carbocycles. The summed E-state index contributed by atoms with van der Waals surface area (Å²) in [7, 11) is 0. The molecular weight excluding hydrogens is 427 g/mol. The van der Waals surface area contributed by atoms with E-state index in [2.05, 4.69) is 15.0 Å². The molecule has 0 bridgehead atoms. The third kappa shape index (κ3) is 3.98. The lowest BCUT2D eigenvalue weighted by molar-refractivity contribution is 0.424. The van der Waals surface area contributed by atoms with E-state index < -0.39 is 0 Å². The number of benzene rings is 2. The van der Waals surface area contributed by atoms with Gasteiger partial charge < -0.3 is 9.42 Å². The Labute approximate surface area is 190 Å². The van der Waals surface area contributed by atoms with Crippen LogP contribution in [0.5, 0.6) is 0 Å². The number of halogens is 2. The number of hydrogen-bond acceptors (Lipinski definition) is 5. The van der Waals surface area contributed by atoms with Crippen LogP contribution in [0.15, 0.2) is 53.1 Å². The van der Waals surface area contributed by atoms with E-state index in [0.29, 0.717) is 12.3 Å². The second-order valence-corrected chi connectivity index (χ2v) is 8.51. The van der Waals surface area contributed by atoms with E-state index in [1.807, 2.05) is 38.1 Å². The van der Waals surface area contributed by atoms with Crippen molar-refractivity contribution in [2.45, 2.75) is 33.2 Å². The molecule has 0 atom stereocenters. The molecule has 2 aromatic carbocycles. The van der Waals surface area contributed by atoms with Gasteiger partial charge in [0.25, 0.3) is 0 Å². The molecule has 4 aromatic rings. The molecule has 0 N–H and O–H groups in total. The van der Waals surface area contributed by atoms with Crippen LogP contribution in [0, 0.1) is 19.7 Å². The van der Waals surface area contributed by atoms with Crippen molar-refractivity contribution >= 4 is 17.4 Å². The molecule has 0 fully saturated rings. The third-order valence-corrected chi connectivity index (χ3v) is 6.09. The molecule has 3 heterocycles. The summed E-state index contributed by atoms with van der Waals surface area (Å²) in [5, 5.41) is 4.99. The molecule has 2 aromatic heterocycles. The molecule has 7 heteroatoms. The molecule has 1 aliphatic rings. The molecule has 162 valence electrons. The highest BCUT2D eigenvalue weighted by Gasteiger charge is 2.27. The molecule has 32 heavy (non-hydrogen) atoms. The summed E-state index contributed by atoms with van der Waals surface area (Å²) >= 11 is 6.06. The number of anilines is 1. The maximum absolute atomic E-state index is 13.4. The fourth-order valence-corrected chi connectivity index (χ4v) is 4.34. The van der Waals surface area contributed by atoms with Crippen molar-refractivity contribution in [3.05, 3.63) is 93.3 Å². The molecule has 0 saturated heterocycles. The predicted molar refractivity (Wildman–Crippen MR) is 122 cm³/mol. The van der Waals surface area contributed by atoms with Gasteiger partial charge in [-0.1, -0.05) is 28.9 Å². The van der Waals surface area contributed by atoms with Gasteiger partial charge >= 0.3 is 0 Å². The highest BCUT2D eigenvalue weighted by atomic mass is 35.5. The Hall–Kier alpha value is -3.25. The van der Waals surface area contributed by atoms with Crippen LogP contribution in [0.4, 0.5) is 10.2 Å². The van der Waals surface area contributed by atoms with Gasteiger partial charge in [0.15, 0.2) is 5.76 Å². The topological polar surface area (TPSA) is 55.1 Å². The number of aryl methyl sites for hydroxylation is 2. The van der Waals surface area contributed by atoms with E-state index in [-0.39, 0.29) is 5.82 Å². The lowest BCUT2D eigenvalue weighted by Crippen LogP contribution is -2.32. The van der Waals surface area contributed by atoms with Gasteiger partial charge in [-0.2, -0.15) is 0 Å². The van der Waals surface area contributed by atoms with Gasteiger partial charge in [0, 0.05) is 46.8 Å². The summed E-state index contributed by atoms with van der Waals surface area (Å²) in [5.74, 6) is 2.09. The summed E-state index contributed by atoms with van der Waals surface area (Å²) in [5.41, 5.74) is 6.01. The Morgan fingerprint density at radius 1 is 1.03 bits per heavy atom. The Morgan fingerprint density at radius 2 is 1.78 bits per heavy atom. The summed E-state index contributed by atoms with van der Waals surface area (Å²) in [6.45, 7) is 5.35. The van der Waals surface area contributed by atoms with Crippen LogP contribution in [0.2, 0.25) is 5.02 Å². The van der Waals surface area contributed by atoms with Crippen molar-refractivity contribution in [1.82, 2.24) is 15.1 Å². The molecule has 0 radical (unpaired) electrons. The number of rotatable bonds is 4. The second-order valence-electron chi connectivity index (χ2n) is 8.08. The van der Waals surface area contributed by atoms with E-state index in [1.165, 1.54) is 12.1 Å². The summed E-state index contributed by atoms with van der Waals surface area (Å²) in [6, 6.07) is 14.2. The first kappa shape index (κ1) is 20.6. The van der Waals surface area contributed by atoms with Crippen molar-refractivity contribution in [3.63, 3.8) is 0 Å². The zero-order valence-electron chi connectivity index (χ0n) is 17.9. The van der Waals surface area contributed by atoms with Crippen LogP contribution >= 0.6 is 11.6 Å². The average molecular weight is 449 g/mol. The van der Waals surface area contributed by atoms with Crippen LogP contribution < -0.4 is 4.90 Å². The van der Waals surface area contributed by atoms with E-state index in [0.717, 1.165) is 69.7 Å². The van der Waals surface area contributed by atoms with Crippen LogP contribution in [0.3, 0.4) is 0 Å². The smallest absolute Gasteiger partial charge is 0.172 e. The maximum Gasteiger partial charge on any atom is 0.172 e. The molecule has 0 unspecified atom stereocenters. The van der Waals surface area contributed by atoms with Crippen LogP contribution in [0.1, 0.15) is 33.9 Å². The number of aromatic nitrogens is 3. The summed E-state index contributed by atoms with van der Waals surface area (Å²) < 4.78 is 19.1. The van der Waals surface area contributed by atoms with Crippen molar-refractivity contribution in [2.24, 2.45) is 0 Å². The molecular formula is C25H22ClFN4O. The molecule has 0 saturated carbocycles. The standard InChI is InChI=1S/C25H22ClFN4O/c1-15-21(13-17-3-7-19(26)8-4-17)25(29-16(2)28-15)31-12-11-23-22(14-31)24(32-30-23)18-5-9-20(27)10-6-18/h3-10H,11-14H2,1-2H3. The minimum atomic E-state index is -0.275. The first-order valence-electron chi connectivity index (χ1n) is 10.5. The zero-order valence-corrected chi connectivity index (χ0v) is 18.7. The van der Waals surface area contributed by atoms with Gasteiger partial charge in [-0.3, -0.25) is 0 Å². The lowest BCUT2D eigenvalue weighted by atomic mass is 9.99. The maximum atomic E-state index is 13.4. The van der Waals surface area contributed by atoms with Crippen molar-refractivity contribution < 1.29 is 8.91 Å². The van der Waals surface area contributed by atoms with Crippen LogP contribution in [-0.2, 0) is 19.4 Å². The van der Waals surface area contributed by atoms with Gasteiger partial charge in [0.1, 0.15) is 17.5 Å². The van der Waals surface area contributed by atoms with Gasteiger partial charge in [0.05, 0.1) is 12.2 Å². The van der Waals surface area contributed by atoms with Crippen molar-refractivity contribution in [1.29, 1.82) is 0 Å². The fraction of sp³-hybridized carbons (Fsp3) is 0.240. The van der Waals surface area contributed by atoms with E-state index in [9.17, 15) is 4.39 Å². The van der Waals surface area contributed by atoms with Gasteiger partial charge in [-0.25, -0.2) is 14.4 Å². The van der Waals surface area contributed by atoms with Gasteiger partial charge in [-0.15, -0.1) is 0 Å². The molecule has 5 rings (SSSR count). The first-order chi connectivity index (χ1) is 15.5. The highest BCUT2D eigenvalue weighted by molar-refractivity contribution is 6.30. The van der Waals surface area contributed by atoms with Crippen LogP contribution in [-0.4, -0.2) is 21.7 Å². The SMILES string of the molecule is Cc1nc(C)c(Cc2ccc(Cl)cc2)c(N2CCc3noc(-c4ccc(F)cc4)c3C2)n1. The van der Waals surface area contributed by atoms with Gasteiger partial charge in [-0.05, 0) is 55.8 Å².